The van der Waals surface area contributed by atoms with Crippen LogP contribution in [0.25, 0.3) is 0 Å². The van der Waals surface area contributed by atoms with Gasteiger partial charge in [0.05, 0.1) is 6.10 Å². The lowest BCUT2D eigenvalue weighted by molar-refractivity contribution is -0.152. The summed E-state index contributed by atoms with van der Waals surface area (Å²) in [6.07, 6.45) is 33.5. The molecular weight excluding hydrogens is 516 g/mol. The van der Waals surface area contributed by atoms with Crippen LogP contribution in [0, 0.1) is 0 Å². The molecule has 41 heavy (non-hydrogen) atoms. The predicted octanol–water partition coefficient (Wildman–Crippen LogP) is 8.47. The molecule has 0 spiro atoms. The Bertz CT molecular complexity index is 724. The standard InChI is InChI=1S/C35H60O6/c1-3-5-7-8-9-13-17-20-24-28-34(38)40-30-33(37)31-41-35(39)29-25-21-18-15-12-10-11-14-16-19-23-27-32(36)26-22-6-4-2/h10-11,15-16,18-19,23,27,32-33,36-37H,3-9,12-14,17,20-22,24-26,28-31H2,1-2H3/b11-10-,18-15-,19-16-,27-23+/t32-,33+/m1/s1. The molecule has 0 unspecified atom stereocenters. The van der Waals surface area contributed by atoms with Gasteiger partial charge in [0.2, 0.25) is 0 Å². The van der Waals surface area contributed by atoms with Crippen molar-refractivity contribution in [3.8, 4) is 0 Å². The van der Waals surface area contributed by atoms with Crippen LogP contribution in [-0.4, -0.2) is 47.6 Å². The van der Waals surface area contributed by atoms with Crippen molar-refractivity contribution >= 4 is 11.9 Å². The van der Waals surface area contributed by atoms with Gasteiger partial charge in [-0.1, -0.05) is 133 Å². The summed E-state index contributed by atoms with van der Waals surface area (Å²) in [6, 6.07) is 0. The molecule has 0 amide bonds. The molecular formula is C35H60O6. The molecule has 0 aliphatic heterocycles. The predicted molar refractivity (Wildman–Crippen MR) is 170 cm³/mol. The quantitative estimate of drug-likeness (QED) is 0.0420. The summed E-state index contributed by atoms with van der Waals surface area (Å²) >= 11 is 0. The number of esters is 2. The van der Waals surface area contributed by atoms with Gasteiger partial charge in [0, 0.05) is 12.8 Å². The Hall–Kier alpha value is -2.18. The van der Waals surface area contributed by atoms with Gasteiger partial charge < -0.3 is 19.7 Å². The Balaban J connectivity index is 3.65. The van der Waals surface area contributed by atoms with Crippen LogP contribution in [0.5, 0.6) is 0 Å². The fourth-order valence-electron chi connectivity index (χ4n) is 4.13. The van der Waals surface area contributed by atoms with Gasteiger partial charge in [0.25, 0.3) is 0 Å². The highest BCUT2D eigenvalue weighted by molar-refractivity contribution is 5.69. The lowest BCUT2D eigenvalue weighted by atomic mass is 10.1. The minimum absolute atomic E-state index is 0.144. The molecule has 0 radical (unpaired) electrons. The van der Waals surface area contributed by atoms with E-state index in [4.69, 9.17) is 9.47 Å². The molecule has 0 aromatic carbocycles. The number of ether oxygens (including phenoxy) is 2. The smallest absolute Gasteiger partial charge is 0.305 e. The summed E-state index contributed by atoms with van der Waals surface area (Å²) in [6.45, 7) is 4.08. The van der Waals surface area contributed by atoms with Crippen molar-refractivity contribution in [1.82, 2.24) is 0 Å². The molecule has 6 heteroatoms. The van der Waals surface area contributed by atoms with Crippen molar-refractivity contribution in [2.24, 2.45) is 0 Å². The molecule has 0 aliphatic carbocycles. The summed E-state index contributed by atoms with van der Waals surface area (Å²) in [5.41, 5.74) is 0. The number of hydrogen-bond donors (Lipinski definition) is 2. The van der Waals surface area contributed by atoms with Gasteiger partial charge in [0.15, 0.2) is 0 Å². The first-order valence-electron chi connectivity index (χ1n) is 16.3. The van der Waals surface area contributed by atoms with Gasteiger partial charge >= 0.3 is 11.9 Å². The van der Waals surface area contributed by atoms with E-state index >= 15 is 0 Å². The maximum Gasteiger partial charge on any atom is 0.305 e. The molecule has 236 valence electrons. The van der Waals surface area contributed by atoms with Crippen LogP contribution in [0.1, 0.15) is 136 Å². The minimum Gasteiger partial charge on any atom is -0.463 e. The largest absolute Gasteiger partial charge is 0.463 e. The van der Waals surface area contributed by atoms with Crippen molar-refractivity contribution in [2.45, 2.75) is 148 Å². The summed E-state index contributed by atoms with van der Waals surface area (Å²) in [5, 5.41) is 19.7. The highest BCUT2D eigenvalue weighted by atomic mass is 16.6. The number of rotatable bonds is 28. The van der Waals surface area contributed by atoms with E-state index in [1.807, 2.05) is 18.2 Å². The Morgan fingerprint density at radius 3 is 1.76 bits per heavy atom. The average molecular weight is 577 g/mol. The van der Waals surface area contributed by atoms with Crippen molar-refractivity contribution in [2.75, 3.05) is 13.2 Å². The van der Waals surface area contributed by atoms with Gasteiger partial charge in [-0.3, -0.25) is 9.59 Å². The molecule has 0 rings (SSSR count). The van der Waals surface area contributed by atoms with Gasteiger partial charge in [-0.25, -0.2) is 0 Å². The fourth-order valence-corrected chi connectivity index (χ4v) is 4.13. The maximum absolute atomic E-state index is 11.9. The highest BCUT2D eigenvalue weighted by Gasteiger charge is 2.11. The van der Waals surface area contributed by atoms with Crippen LogP contribution in [0.15, 0.2) is 48.6 Å². The summed E-state index contributed by atoms with van der Waals surface area (Å²) in [5.74, 6) is -0.662. The summed E-state index contributed by atoms with van der Waals surface area (Å²) in [4.78, 5) is 23.7. The molecule has 0 saturated carbocycles. The van der Waals surface area contributed by atoms with Crippen LogP contribution in [0.2, 0.25) is 0 Å². The second kappa shape index (κ2) is 30.8. The van der Waals surface area contributed by atoms with Gasteiger partial charge in [0.1, 0.15) is 19.3 Å². The second-order valence-electron chi connectivity index (χ2n) is 10.8. The van der Waals surface area contributed by atoms with E-state index in [2.05, 4.69) is 44.2 Å². The van der Waals surface area contributed by atoms with Gasteiger partial charge in [-0.15, -0.1) is 0 Å². The Labute approximate surface area is 251 Å². The van der Waals surface area contributed by atoms with Crippen LogP contribution < -0.4 is 0 Å². The number of hydrogen-bond acceptors (Lipinski definition) is 6. The van der Waals surface area contributed by atoms with E-state index in [-0.39, 0.29) is 37.7 Å². The minimum atomic E-state index is -0.995. The third-order valence-corrected chi connectivity index (χ3v) is 6.67. The van der Waals surface area contributed by atoms with Crippen molar-refractivity contribution < 1.29 is 29.3 Å². The number of aliphatic hydroxyl groups excluding tert-OH is 2. The average Bonchev–Trinajstić information content (AvgIpc) is 2.96. The second-order valence-corrected chi connectivity index (χ2v) is 10.8. The SMILES string of the molecule is CCCCCCCCCCCC(=O)OC[C@H](O)COC(=O)CCC/C=C\C/C=C\C/C=C\C=C\[C@H](O)CCCCC. The van der Waals surface area contributed by atoms with E-state index in [1.165, 1.54) is 44.9 Å². The maximum atomic E-state index is 11.9. The van der Waals surface area contributed by atoms with Crippen LogP contribution >= 0.6 is 0 Å². The Kier molecular flexibility index (Phi) is 29.1. The molecule has 0 aromatic rings. The number of allylic oxidation sites excluding steroid dienone is 7. The zero-order valence-electron chi connectivity index (χ0n) is 26.2. The normalized spacial score (nSPS) is 13.6. The third-order valence-electron chi connectivity index (χ3n) is 6.67. The molecule has 0 aliphatic rings. The zero-order chi connectivity index (χ0) is 30.2. The van der Waals surface area contributed by atoms with Crippen LogP contribution in [0.4, 0.5) is 0 Å². The fraction of sp³-hybridized carbons (Fsp3) is 0.714. The lowest BCUT2D eigenvalue weighted by Crippen LogP contribution is -2.25. The molecule has 0 bridgehead atoms. The monoisotopic (exact) mass is 576 g/mol. The van der Waals surface area contributed by atoms with E-state index in [0.29, 0.717) is 12.8 Å². The topological polar surface area (TPSA) is 93.1 Å². The first kappa shape index (κ1) is 38.8. The van der Waals surface area contributed by atoms with Crippen molar-refractivity contribution in [3.63, 3.8) is 0 Å². The zero-order valence-corrected chi connectivity index (χ0v) is 26.2. The van der Waals surface area contributed by atoms with Crippen molar-refractivity contribution in [3.05, 3.63) is 48.6 Å². The molecule has 0 heterocycles. The molecule has 2 N–H and O–H groups in total. The van der Waals surface area contributed by atoms with Gasteiger partial charge in [-0.05, 0) is 38.5 Å². The van der Waals surface area contributed by atoms with E-state index in [0.717, 1.165) is 57.8 Å². The summed E-state index contributed by atoms with van der Waals surface area (Å²) in [7, 11) is 0. The number of carbonyl (C=O) groups excluding carboxylic acids is 2. The first-order chi connectivity index (χ1) is 20.0. The van der Waals surface area contributed by atoms with Crippen molar-refractivity contribution in [1.29, 1.82) is 0 Å². The highest BCUT2D eigenvalue weighted by Crippen LogP contribution is 2.11. The van der Waals surface area contributed by atoms with E-state index in [1.54, 1.807) is 0 Å². The Morgan fingerprint density at radius 1 is 0.610 bits per heavy atom. The lowest BCUT2D eigenvalue weighted by Gasteiger charge is -2.12. The number of carbonyl (C=O) groups is 2. The van der Waals surface area contributed by atoms with Crippen LogP contribution in [0.3, 0.4) is 0 Å². The number of unbranched alkanes of at least 4 members (excludes halogenated alkanes) is 11. The Morgan fingerprint density at radius 2 is 1.12 bits per heavy atom. The first-order valence-corrected chi connectivity index (χ1v) is 16.3. The molecule has 0 aromatic heterocycles. The molecule has 0 saturated heterocycles. The molecule has 6 nitrogen and oxygen atoms in total. The molecule has 2 atom stereocenters. The summed E-state index contributed by atoms with van der Waals surface area (Å²) < 4.78 is 10.2. The van der Waals surface area contributed by atoms with E-state index in [9.17, 15) is 19.8 Å². The van der Waals surface area contributed by atoms with E-state index < -0.39 is 6.10 Å². The van der Waals surface area contributed by atoms with Crippen LogP contribution in [-0.2, 0) is 19.1 Å². The molecule has 0 fully saturated rings. The third kappa shape index (κ3) is 30.6. The van der Waals surface area contributed by atoms with Gasteiger partial charge in [-0.2, -0.15) is 0 Å². The number of aliphatic hydroxyl groups is 2.